The molecule has 0 spiro atoms. The van der Waals surface area contributed by atoms with E-state index in [2.05, 4.69) is 0 Å². The first-order valence-corrected chi connectivity index (χ1v) is 5.47. The van der Waals surface area contributed by atoms with E-state index >= 15 is 0 Å². The summed E-state index contributed by atoms with van der Waals surface area (Å²) >= 11 is 0. The van der Waals surface area contributed by atoms with Crippen molar-refractivity contribution in [1.29, 1.82) is 0 Å². The van der Waals surface area contributed by atoms with Crippen LogP contribution in [0.25, 0.3) is 0 Å². The summed E-state index contributed by atoms with van der Waals surface area (Å²) in [5.74, 6) is -0.524. The molecule has 0 heterocycles. The molecule has 4 heteroatoms. The number of rotatable bonds is 6. The largest absolute Gasteiger partial charge is 0.486 e. The normalized spacial score (nSPS) is 15.6. The van der Waals surface area contributed by atoms with Crippen molar-refractivity contribution in [3.8, 4) is 0 Å². The van der Waals surface area contributed by atoms with Gasteiger partial charge in [-0.1, -0.05) is 13.8 Å². The Bertz CT molecular complexity index is 307. The molecule has 0 saturated heterocycles. The van der Waals surface area contributed by atoms with E-state index in [-0.39, 0.29) is 23.1 Å². The summed E-state index contributed by atoms with van der Waals surface area (Å²) in [7, 11) is 0. The quantitative estimate of drug-likeness (QED) is 0.645. The Morgan fingerprint density at radius 3 is 1.56 bits per heavy atom. The molecule has 0 unspecified atom stereocenters. The molecule has 1 aliphatic rings. The molecule has 0 aromatic rings. The minimum absolute atomic E-state index is 0.0443. The zero-order valence-electron chi connectivity index (χ0n) is 9.62. The number of carbonyl (C=O) groups is 2. The van der Waals surface area contributed by atoms with Crippen molar-refractivity contribution in [3.63, 3.8) is 0 Å². The van der Waals surface area contributed by atoms with Gasteiger partial charge in [0.05, 0.1) is 13.2 Å². The van der Waals surface area contributed by atoms with Crippen molar-refractivity contribution >= 4 is 11.6 Å². The fourth-order valence-corrected chi connectivity index (χ4v) is 1.21. The summed E-state index contributed by atoms with van der Waals surface area (Å²) in [6.45, 7) is 4.67. The standard InChI is InChI=1S/C12H16O4/c1-3-7-15-11-9(13)5-6-10(14)12(11)16-8-4-2/h5-6H,3-4,7-8H2,1-2H3. The highest BCUT2D eigenvalue weighted by molar-refractivity contribution is 6.18. The molecule has 0 saturated carbocycles. The Balaban J connectivity index is 2.86. The molecular formula is C12H16O4. The lowest BCUT2D eigenvalue weighted by molar-refractivity contribution is -0.120. The average molecular weight is 224 g/mol. The molecule has 1 rings (SSSR count). The number of hydrogen-bond donors (Lipinski definition) is 0. The first-order chi connectivity index (χ1) is 7.70. The second kappa shape index (κ2) is 6.10. The average Bonchev–Trinajstić information content (AvgIpc) is 2.29. The molecule has 0 radical (unpaired) electrons. The highest BCUT2D eigenvalue weighted by Crippen LogP contribution is 2.17. The molecule has 0 amide bonds. The van der Waals surface area contributed by atoms with Gasteiger partial charge in [-0.3, -0.25) is 9.59 Å². The van der Waals surface area contributed by atoms with Crippen molar-refractivity contribution in [2.45, 2.75) is 26.7 Å². The second-order valence-corrected chi connectivity index (χ2v) is 3.42. The van der Waals surface area contributed by atoms with E-state index < -0.39 is 0 Å². The summed E-state index contributed by atoms with van der Waals surface area (Å²) < 4.78 is 10.5. The summed E-state index contributed by atoms with van der Waals surface area (Å²) in [5, 5.41) is 0. The first kappa shape index (κ1) is 12.5. The SMILES string of the molecule is CCCOC1=C(OCCC)C(=O)C=CC1=O. The fraction of sp³-hybridized carbons (Fsp3) is 0.500. The predicted octanol–water partition coefficient (Wildman–Crippen LogP) is 1.76. The Morgan fingerprint density at radius 1 is 0.875 bits per heavy atom. The molecule has 0 bridgehead atoms. The molecule has 0 aliphatic heterocycles. The van der Waals surface area contributed by atoms with Gasteiger partial charge >= 0.3 is 0 Å². The van der Waals surface area contributed by atoms with Crippen LogP contribution in [-0.2, 0) is 19.1 Å². The van der Waals surface area contributed by atoms with E-state index in [1.807, 2.05) is 13.8 Å². The lowest BCUT2D eigenvalue weighted by Crippen LogP contribution is -2.19. The van der Waals surface area contributed by atoms with Gasteiger partial charge in [-0.15, -0.1) is 0 Å². The maximum atomic E-state index is 11.5. The Kier molecular flexibility index (Phi) is 4.76. The Labute approximate surface area is 94.9 Å². The minimum atomic E-state index is -0.306. The summed E-state index contributed by atoms with van der Waals surface area (Å²) in [5.41, 5.74) is 0. The topological polar surface area (TPSA) is 52.6 Å². The van der Waals surface area contributed by atoms with Crippen LogP contribution in [0.15, 0.2) is 23.7 Å². The number of ketones is 2. The van der Waals surface area contributed by atoms with Crippen LogP contribution in [0.1, 0.15) is 26.7 Å². The number of allylic oxidation sites excluding steroid dienone is 2. The van der Waals surface area contributed by atoms with Crippen LogP contribution < -0.4 is 0 Å². The second-order valence-electron chi connectivity index (χ2n) is 3.42. The van der Waals surface area contributed by atoms with Crippen molar-refractivity contribution in [1.82, 2.24) is 0 Å². The molecule has 0 aromatic heterocycles. The first-order valence-electron chi connectivity index (χ1n) is 5.47. The van der Waals surface area contributed by atoms with Crippen molar-refractivity contribution in [2.24, 2.45) is 0 Å². The van der Waals surface area contributed by atoms with Gasteiger partial charge in [0.15, 0.2) is 0 Å². The third-order valence-electron chi connectivity index (χ3n) is 1.94. The zero-order chi connectivity index (χ0) is 12.0. The molecule has 88 valence electrons. The highest BCUT2D eigenvalue weighted by atomic mass is 16.5. The van der Waals surface area contributed by atoms with Gasteiger partial charge in [-0.05, 0) is 25.0 Å². The van der Waals surface area contributed by atoms with Crippen molar-refractivity contribution in [2.75, 3.05) is 13.2 Å². The van der Waals surface area contributed by atoms with E-state index in [9.17, 15) is 9.59 Å². The van der Waals surface area contributed by atoms with E-state index in [0.29, 0.717) is 13.2 Å². The van der Waals surface area contributed by atoms with Crippen LogP contribution in [-0.4, -0.2) is 24.8 Å². The highest BCUT2D eigenvalue weighted by Gasteiger charge is 2.25. The molecule has 0 aromatic carbocycles. The monoisotopic (exact) mass is 224 g/mol. The third-order valence-corrected chi connectivity index (χ3v) is 1.94. The van der Waals surface area contributed by atoms with Crippen LogP contribution in [0, 0.1) is 0 Å². The lowest BCUT2D eigenvalue weighted by atomic mass is 10.1. The summed E-state index contributed by atoms with van der Waals surface area (Å²) in [6, 6.07) is 0. The van der Waals surface area contributed by atoms with Crippen LogP contribution in [0.3, 0.4) is 0 Å². The number of ether oxygens (including phenoxy) is 2. The molecule has 0 fully saturated rings. The van der Waals surface area contributed by atoms with E-state index in [1.54, 1.807) is 0 Å². The molecule has 16 heavy (non-hydrogen) atoms. The van der Waals surface area contributed by atoms with Gasteiger partial charge in [0.1, 0.15) is 0 Å². The maximum absolute atomic E-state index is 11.5. The Hall–Kier alpha value is -1.58. The van der Waals surface area contributed by atoms with Crippen LogP contribution in [0.2, 0.25) is 0 Å². The van der Waals surface area contributed by atoms with Gasteiger partial charge in [0.25, 0.3) is 0 Å². The van der Waals surface area contributed by atoms with Gasteiger partial charge in [-0.2, -0.15) is 0 Å². The van der Waals surface area contributed by atoms with Crippen LogP contribution in [0.4, 0.5) is 0 Å². The third kappa shape index (κ3) is 2.95. The molecule has 0 atom stereocenters. The van der Waals surface area contributed by atoms with Gasteiger partial charge in [0.2, 0.25) is 23.1 Å². The predicted molar refractivity (Wildman–Crippen MR) is 58.7 cm³/mol. The summed E-state index contributed by atoms with van der Waals surface area (Å²) in [6.07, 6.45) is 3.98. The Morgan fingerprint density at radius 2 is 1.25 bits per heavy atom. The molecular weight excluding hydrogens is 208 g/mol. The smallest absolute Gasteiger partial charge is 0.224 e. The lowest BCUT2D eigenvalue weighted by Gasteiger charge is -2.15. The van der Waals surface area contributed by atoms with Crippen molar-refractivity contribution < 1.29 is 19.1 Å². The molecule has 0 N–H and O–H groups in total. The van der Waals surface area contributed by atoms with Crippen LogP contribution in [0.5, 0.6) is 0 Å². The minimum Gasteiger partial charge on any atom is -0.486 e. The fourth-order valence-electron chi connectivity index (χ4n) is 1.21. The maximum Gasteiger partial charge on any atom is 0.224 e. The van der Waals surface area contributed by atoms with Gasteiger partial charge < -0.3 is 9.47 Å². The van der Waals surface area contributed by atoms with Crippen molar-refractivity contribution in [3.05, 3.63) is 23.7 Å². The molecule has 1 aliphatic carbocycles. The van der Waals surface area contributed by atoms with E-state index in [1.165, 1.54) is 12.2 Å². The zero-order valence-corrected chi connectivity index (χ0v) is 9.62. The van der Waals surface area contributed by atoms with Crippen LogP contribution >= 0.6 is 0 Å². The molecule has 4 nitrogen and oxygen atoms in total. The van der Waals surface area contributed by atoms with E-state index in [0.717, 1.165) is 12.8 Å². The number of hydrogen-bond acceptors (Lipinski definition) is 4. The van der Waals surface area contributed by atoms with Gasteiger partial charge in [-0.25, -0.2) is 0 Å². The van der Waals surface area contributed by atoms with E-state index in [4.69, 9.17) is 9.47 Å². The van der Waals surface area contributed by atoms with Gasteiger partial charge in [0, 0.05) is 0 Å². The number of carbonyl (C=O) groups excluding carboxylic acids is 2. The summed E-state index contributed by atoms with van der Waals surface area (Å²) in [4.78, 5) is 23.0.